The summed E-state index contributed by atoms with van der Waals surface area (Å²) in [4.78, 5) is 11.1. The van der Waals surface area contributed by atoms with Crippen LogP contribution >= 0.6 is 0 Å². The number of aryl methyl sites for hydroxylation is 1. The summed E-state index contributed by atoms with van der Waals surface area (Å²) in [7, 11) is 0. The van der Waals surface area contributed by atoms with E-state index >= 15 is 0 Å². The molecular weight excluding hydrogens is 264 g/mol. The Morgan fingerprint density at radius 3 is 2.71 bits per heavy atom. The molecule has 2 aromatic heterocycles. The largest absolute Gasteiger partial charge is 0.383 e. The van der Waals surface area contributed by atoms with Gasteiger partial charge in [0.25, 0.3) is 0 Å². The maximum Gasteiger partial charge on any atom is 0.186 e. The zero-order chi connectivity index (χ0) is 14.7. The van der Waals surface area contributed by atoms with Crippen LogP contribution in [0.15, 0.2) is 6.20 Å². The van der Waals surface area contributed by atoms with Crippen LogP contribution in [0.4, 0.5) is 5.82 Å². The second-order valence-corrected chi connectivity index (χ2v) is 5.77. The highest BCUT2D eigenvalue weighted by Gasteiger charge is 2.17. The van der Waals surface area contributed by atoms with Crippen LogP contribution in [0.5, 0.6) is 0 Å². The molecule has 1 saturated heterocycles. The third kappa shape index (κ3) is 2.94. The van der Waals surface area contributed by atoms with Crippen molar-refractivity contribution in [3.63, 3.8) is 0 Å². The van der Waals surface area contributed by atoms with Crippen molar-refractivity contribution in [1.82, 2.24) is 19.9 Å². The van der Waals surface area contributed by atoms with Gasteiger partial charge in [-0.05, 0) is 25.7 Å². The maximum absolute atomic E-state index is 6.08. The first-order valence-electron chi connectivity index (χ1n) is 8.05. The number of aromatic nitrogens is 4. The first kappa shape index (κ1) is 14.1. The number of nitrogens with zero attached hydrogens (tertiary/aromatic N) is 5. The molecule has 0 unspecified atom stereocenters. The molecule has 1 aliphatic rings. The molecule has 1 fully saturated rings. The van der Waals surface area contributed by atoms with E-state index in [4.69, 9.17) is 10.7 Å². The zero-order valence-corrected chi connectivity index (χ0v) is 12.8. The summed E-state index contributed by atoms with van der Waals surface area (Å²) < 4.78 is 0. The number of unbranched alkanes of at least 4 members (excludes halogenated alkanes) is 2. The molecule has 21 heavy (non-hydrogen) atoms. The Hall–Kier alpha value is -1.85. The number of hydrogen-bond acceptors (Lipinski definition) is 5. The third-order valence-electron chi connectivity index (χ3n) is 4.09. The molecule has 114 valence electrons. The standard InChI is InChI=1S/C15H24N6/c1-2-3-5-8-13-18-14(16)12-11-17-21(15(12)19-13)20-9-6-4-7-10-20/h11H,2-10H2,1H3,(H2,16,18,19). The zero-order valence-electron chi connectivity index (χ0n) is 12.8. The summed E-state index contributed by atoms with van der Waals surface area (Å²) in [6.45, 7) is 4.27. The second-order valence-electron chi connectivity index (χ2n) is 5.77. The van der Waals surface area contributed by atoms with E-state index < -0.39 is 0 Å². The van der Waals surface area contributed by atoms with Gasteiger partial charge in [0.1, 0.15) is 11.6 Å². The molecule has 0 bridgehead atoms. The third-order valence-corrected chi connectivity index (χ3v) is 4.09. The van der Waals surface area contributed by atoms with Crippen molar-refractivity contribution in [2.75, 3.05) is 23.8 Å². The summed E-state index contributed by atoms with van der Waals surface area (Å²) in [6, 6.07) is 0. The summed E-state index contributed by atoms with van der Waals surface area (Å²) in [5.74, 6) is 1.39. The van der Waals surface area contributed by atoms with Gasteiger partial charge in [0.05, 0.1) is 11.6 Å². The number of nitrogens with two attached hydrogens (primary N) is 1. The molecule has 2 aromatic rings. The van der Waals surface area contributed by atoms with Crippen molar-refractivity contribution in [3.05, 3.63) is 12.0 Å². The minimum Gasteiger partial charge on any atom is -0.383 e. The highest BCUT2D eigenvalue weighted by molar-refractivity contribution is 5.85. The molecule has 0 aromatic carbocycles. The van der Waals surface area contributed by atoms with E-state index in [0.29, 0.717) is 5.82 Å². The van der Waals surface area contributed by atoms with Crippen LogP contribution in [-0.2, 0) is 6.42 Å². The van der Waals surface area contributed by atoms with Crippen molar-refractivity contribution in [1.29, 1.82) is 0 Å². The Labute approximate surface area is 125 Å². The summed E-state index contributed by atoms with van der Waals surface area (Å²) in [6.07, 6.45) is 9.91. The van der Waals surface area contributed by atoms with E-state index in [-0.39, 0.29) is 0 Å². The van der Waals surface area contributed by atoms with Crippen molar-refractivity contribution >= 4 is 16.9 Å². The van der Waals surface area contributed by atoms with Gasteiger partial charge in [-0.25, -0.2) is 9.97 Å². The van der Waals surface area contributed by atoms with E-state index in [2.05, 4.69) is 22.0 Å². The van der Waals surface area contributed by atoms with Crippen LogP contribution in [0, 0.1) is 0 Å². The molecular formula is C15H24N6. The Morgan fingerprint density at radius 2 is 1.95 bits per heavy atom. The first-order chi connectivity index (χ1) is 10.3. The van der Waals surface area contributed by atoms with Gasteiger partial charge in [0, 0.05) is 19.5 Å². The average molecular weight is 288 g/mol. The van der Waals surface area contributed by atoms with Gasteiger partial charge in [0.2, 0.25) is 0 Å². The van der Waals surface area contributed by atoms with Crippen molar-refractivity contribution in [2.24, 2.45) is 0 Å². The molecule has 0 amide bonds. The first-order valence-corrected chi connectivity index (χ1v) is 8.05. The Kier molecular flexibility index (Phi) is 4.22. The monoisotopic (exact) mass is 288 g/mol. The Bertz CT molecular complexity index is 599. The lowest BCUT2D eigenvalue weighted by atomic mass is 10.2. The number of fused-ring (bicyclic) bond motifs is 1. The molecule has 6 heteroatoms. The van der Waals surface area contributed by atoms with E-state index in [9.17, 15) is 0 Å². The fraction of sp³-hybridized carbons (Fsp3) is 0.667. The molecule has 1 aliphatic heterocycles. The van der Waals surface area contributed by atoms with Gasteiger partial charge in [0.15, 0.2) is 5.65 Å². The Balaban J connectivity index is 1.90. The van der Waals surface area contributed by atoms with Crippen molar-refractivity contribution in [2.45, 2.75) is 51.9 Å². The van der Waals surface area contributed by atoms with Gasteiger partial charge in [-0.1, -0.05) is 19.8 Å². The quantitative estimate of drug-likeness (QED) is 0.854. The van der Waals surface area contributed by atoms with E-state index in [1.165, 1.54) is 32.1 Å². The Morgan fingerprint density at radius 1 is 1.14 bits per heavy atom. The van der Waals surface area contributed by atoms with E-state index in [1.807, 2.05) is 4.79 Å². The van der Waals surface area contributed by atoms with Crippen LogP contribution in [-0.4, -0.2) is 32.9 Å². The van der Waals surface area contributed by atoms with Crippen LogP contribution < -0.4 is 10.7 Å². The van der Waals surface area contributed by atoms with Crippen LogP contribution in [0.2, 0.25) is 0 Å². The number of piperidine rings is 1. The summed E-state index contributed by atoms with van der Waals surface area (Å²) in [5.41, 5.74) is 6.94. The lowest BCUT2D eigenvalue weighted by Gasteiger charge is -2.28. The highest BCUT2D eigenvalue weighted by Crippen LogP contribution is 2.20. The molecule has 0 aliphatic carbocycles. The van der Waals surface area contributed by atoms with Gasteiger partial charge in [-0.2, -0.15) is 9.89 Å². The summed E-state index contributed by atoms with van der Waals surface area (Å²) >= 11 is 0. The van der Waals surface area contributed by atoms with Crippen molar-refractivity contribution in [3.8, 4) is 0 Å². The van der Waals surface area contributed by atoms with Crippen LogP contribution in [0.1, 0.15) is 51.3 Å². The van der Waals surface area contributed by atoms with E-state index in [0.717, 1.165) is 42.8 Å². The maximum atomic E-state index is 6.08. The lowest BCUT2D eigenvalue weighted by molar-refractivity contribution is 0.456. The number of hydrogen-bond donors (Lipinski definition) is 1. The van der Waals surface area contributed by atoms with Gasteiger partial charge < -0.3 is 5.73 Å². The average Bonchev–Trinajstić information content (AvgIpc) is 2.93. The predicted octanol–water partition coefficient (Wildman–Crippen LogP) is 2.26. The number of nitrogen functional groups attached to an aromatic ring is 1. The molecule has 3 heterocycles. The fourth-order valence-corrected chi connectivity index (χ4v) is 2.88. The molecule has 0 spiro atoms. The molecule has 2 N–H and O–H groups in total. The topological polar surface area (TPSA) is 72.9 Å². The number of rotatable bonds is 5. The smallest absolute Gasteiger partial charge is 0.186 e. The normalized spacial score (nSPS) is 15.8. The molecule has 0 atom stereocenters. The van der Waals surface area contributed by atoms with Gasteiger partial charge in [-0.3, -0.25) is 5.01 Å². The van der Waals surface area contributed by atoms with Crippen LogP contribution in [0.25, 0.3) is 11.0 Å². The predicted molar refractivity (Wildman–Crippen MR) is 84.8 cm³/mol. The molecule has 6 nitrogen and oxygen atoms in total. The SMILES string of the molecule is CCCCCc1nc(N)c2cnn(N3CCCCC3)c2n1. The molecule has 3 rings (SSSR count). The lowest BCUT2D eigenvalue weighted by Crippen LogP contribution is -2.40. The van der Waals surface area contributed by atoms with Crippen LogP contribution in [0.3, 0.4) is 0 Å². The summed E-state index contributed by atoms with van der Waals surface area (Å²) in [5, 5.41) is 7.60. The van der Waals surface area contributed by atoms with Gasteiger partial charge >= 0.3 is 0 Å². The fourth-order valence-electron chi connectivity index (χ4n) is 2.88. The molecule has 0 saturated carbocycles. The van der Waals surface area contributed by atoms with E-state index in [1.54, 1.807) is 6.20 Å². The minimum absolute atomic E-state index is 0.551. The van der Waals surface area contributed by atoms with Crippen molar-refractivity contribution < 1.29 is 0 Å². The molecule has 0 radical (unpaired) electrons. The second kappa shape index (κ2) is 6.28. The van der Waals surface area contributed by atoms with Gasteiger partial charge in [-0.15, -0.1) is 0 Å². The number of anilines is 1. The highest BCUT2D eigenvalue weighted by atomic mass is 15.7. The minimum atomic E-state index is 0.551.